The summed E-state index contributed by atoms with van der Waals surface area (Å²) in [7, 11) is 1.76. The smallest absolute Gasteiger partial charge is 0.112 e. The first-order valence-corrected chi connectivity index (χ1v) is 4.78. The van der Waals surface area contributed by atoms with Crippen molar-refractivity contribution >= 4 is 0 Å². The number of hydrogen-bond acceptors (Lipinski definition) is 2. The standard InChI is InChI=1S/C9H19NO2/c1-4-8-7-12-9(5-2)6-10(8,3)11/h8-9H,4-7H2,1-3H3. The van der Waals surface area contributed by atoms with E-state index in [-0.39, 0.29) is 16.8 Å². The Bertz CT molecular complexity index is 147. The largest absolute Gasteiger partial charge is 0.633 e. The normalized spacial score (nSPS) is 43.0. The molecule has 0 aromatic rings. The first kappa shape index (κ1) is 9.96. The molecule has 1 heterocycles. The molecule has 3 atom stereocenters. The molecular weight excluding hydrogens is 154 g/mol. The van der Waals surface area contributed by atoms with Gasteiger partial charge in [0.15, 0.2) is 0 Å². The monoisotopic (exact) mass is 173 g/mol. The van der Waals surface area contributed by atoms with Gasteiger partial charge in [0.05, 0.1) is 13.7 Å². The molecular formula is C9H19NO2. The van der Waals surface area contributed by atoms with Crippen LogP contribution in [0.15, 0.2) is 0 Å². The van der Waals surface area contributed by atoms with Gasteiger partial charge in [-0.15, -0.1) is 0 Å². The SMILES string of the molecule is CCC1C[N+](C)([O-])C(CC)CO1. The van der Waals surface area contributed by atoms with Crippen LogP contribution in [0.4, 0.5) is 0 Å². The molecule has 3 nitrogen and oxygen atoms in total. The maximum atomic E-state index is 11.9. The summed E-state index contributed by atoms with van der Waals surface area (Å²) in [6.45, 7) is 5.37. The van der Waals surface area contributed by atoms with E-state index in [2.05, 4.69) is 13.8 Å². The van der Waals surface area contributed by atoms with Crippen LogP contribution in [0.25, 0.3) is 0 Å². The molecule has 0 aromatic heterocycles. The number of rotatable bonds is 2. The third-order valence-electron chi connectivity index (χ3n) is 2.79. The maximum absolute atomic E-state index is 11.9. The van der Waals surface area contributed by atoms with E-state index in [0.29, 0.717) is 13.2 Å². The van der Waals surface area contributed by atoms with E-state index in [4.69, 9.17) is 4.74 Å². The van der Waals surface area contributed by atoms with Crippen LogP contribution in [0, 0.1) is 5.21 Å². The van der Waals surface area contributed by atoms with Gasteiger partial charge in [-0.1, -0.05) is 13.8 Å². The van der Waals surface area contributed by atoms with Crippen molar-refractivity contribution in [3.05, 3.63) is 5.21 Å². The zero-order chi connectivity index (χ0) is 9.19. The number of morpholine rings is 1. The van der Waals surface area contributed by atoms with Crippen molar-refractivity contribution in [3.8, 4) is 0 Å². The second-order valence-corrected chi connectivity index (χ2v) is 3.78. The summed E-state index contributed by atoms with van der Waals surface area (Å²) in [6.07, 6.45) is 2.04. The van der Waals surface area contributed by atoms with E-state index in [1.807, 2.05) is 0 Å². The van der Waals surface area contributed by atoms with Gasteiger partial charge in [0.1, 0.15) is 18.7 Å². The van der Waals surface area contributed by atoms with Crippen molar-refractivity contribution in [2.45, 2.75) is 38.8 Å². The first-order valence-electron chi connectivity index (χ1n) is 4.78. The number of ether oxygens (including phenoxy) is 1. The van der Waals surface area contributed by atoms with Gasteiger partial charge in [-0.25, -0.2) is 0 Å². The van der Waals surface area contributed by atoms with Crippen LogP contribution in [-0.2, 0) is 4.74 Å². The molecule has 1 rings (SSSR count). The van der Waals surface area contributed by atoms with E-state index in [1.165, 1.54) is 0 Å². The first-order chi connectivity index (χ1) is 5.60. The van der Waals surface area contributed by atoms with Crippen LogP contribution < -0.4 is 0 Å². The second kappa shape index (κ2) is 3.73. The number of quaternary nitrogens is 1. The second-order valence-electron chi connectivity index (χ2n) is 3.78. The van der Waals surface area contributed by atoms with Crippen molar-refractivity contribution in [1.29, 1.82) is 0 Å². The fraction of sp³-hybridized carbons (Fsp3) is 1.00. The molecule has 0 amide bonds. The number of hydrogen-bond donors (Lipinski definition) is 0. The van der Waals surface area contributed by atoms with E-state index in [1.54, 1.807) is 7.05 Å². The topological polar surface area (TPSA) is 32.3 Å². The third-order valence-corrected chi connectivity index (χ3v) is 2.79. The maximum Gasteiger partial charge on any atom is 0.112 e. The molecule has 0 N–H and O–H groups in total. The summed E-state index contributed by atoms with van der Waals surface area (Å²) >= 11 is 0. The summed E-state index contributed by atoms with van der Waals surface area (Å²) in [5.41, 5.74) is 0. The molecule has 1 aliphatic rings. The van der Waals surface area contributed by atoms with Crippen LogP contribution in [0.3, 0.4) is 0 Å². The number of hydroxylamine groups is 3. The molecule has 1 fully saturated rings. The molecule has 3 heteroatoms. The molecule has 12 heavy (non-hydrogen) atoms. The lowest BCUT2D eigenvalue weighted by Gasteiger charge is -2.50. The van der Waals surface area contributed by atoms with Crippen LogP contribution in [0.2, 0.25) is 0 Å². The number of likely N-dealkylation sites (N-methyl/N-ethyl adjacent to an activating group) is 1. The van der Waals surface area contributed by atoms with Crippen molar-refractivity contribution < 1.29 is 9.38 Å². The van der Waals surface area contributed by atoms with Crippen LogP contribution in [0.1, 0.15) is 26.7 Å². The molecule has 0 aromatic carbocycles. The Hall–Kier alpha value is -0.120. The van der Waals surface area contributed by atoms with Gasteiger partial charge in [0.25, 0.3) is 0 Å². The van der Waals surface area contributed by atoms with Crippen LogP contribution >= 0.6 is 0 Å². The Labute approximate surface area is 74.5 Å². The summed E-state index contributed by atoms with van der Waals surface area (Å²) in [4.78, 5) is 0. The number of nitrogens with zero attached hydrogens (tertiary/aromatic N) is 1. The third kappa shape index (κ3) is 1.97. The van der Waals surface area contributed by atoms with Crippen LogP contribution in [0.5, 0.6) is 0 Å². The fourth-order valence-electron chi connectivity index (χ4n) is 1.76. The summed E-state index contributed by atoms with van der Waals surface area (Å²) in [5, 5.41) is 11.9. The molecule has 0 spiro atoms. The van der Waals surface area contributed by atoms with Gasteiger partial charge in [0, 0.05) is 0 Å². The molecule has 0 radical (unpaired) electrons. The summed E-state index contributed by atoms with van der Waals surface area (Å²) < 4.78 is 5.43. The highest BCUT2D eigenvalue weighted by Gasteiger charge is 2.32. The average Bonchev–Trinajstić information content (AvgIpc) is 2.02. The molecule has 0 aliphatic carbocycles. The Kier molecular flexibility index (Phi) is 3.09. The molecule has 3 unspecified atom stereocenters. The van der Waals surface area contributed by atoms with Gasteiger partial charge < -0.3 is 14.6 Å². The Morgan fingerprint density at radius 1 is 1.42 bits per heavy atom. The van der Waals surface area contributed by atoms with E-state index in [0.717, 1.165) is 12.8 Å². The van der Waals surface area contributed by atoms with Gasteiger partial charge in [-0.05, 0) is 12.8 Å². The lowest BCUT2D eigenvalue weighted by Crippen LogP contribution is -2.57. The lowest BCUT2D eigenvalue weighted by atomic mass is 10.1. The quantitative estimate of drug-likeness (QED) is 0.468. The summed E-state index contributed by atoms with van der Waals surface area (Å²) in [5.74, 6) is 0. The van der Waals surface area contributed by atoms with Crippen molar-refractivity contribution in [2.24, 2.45) is 0 Å². The van der Waals surface area contributed by atoms with Crippen molar-refractivity contribution in [2.75, 3.05) is 20.2 Å². The van der Waals surface area contributed by atoms with E-state index < -0.39 is 0 Å². The predicted octanol–water partition coefficient (Wildman–Crippen LogP) is 1.52. The lowest BCUT2D eigenvalue weighted by molar-refractivity contribution is -0.899. The van der Waals surface area contributed by atoms with Gasteiger partial charge in [-0.2, -0.15) is 0 Å². The zero-order valence-corrected chi connectivity index (χ0v) is 8.25. The molecule has 0 bridgehead atoms. The highest BCUT2D eigenvalue weighted by molar-refractivity contribution is 4.67. The summed E-state index contributed by atoms with van der Waals surface area (Å²) in [6, 6.07) is 0.146. The predicted molar refractivity (Wildman–Crippen MR) is 48.5 cm³/mol. The minimum atomic E-state index is -0.116. The minimum Gasteiger partial charge on any atom is -0.633 e. The van der Waals surface area contributed by atoms with Gasteiger partial charge >= 0.3 is 0 Å². The van der Waals surface area contributed by atoms with Gasteiger partial charge in [-0.3, -0.25) is 0 Å². The Morgan fingerprint density at radius 2 is 2.08 bits per heavy atom. The van der Waals surface area contributed by atoms with E-state index in [9.17, 15) is 5.21 Å². The minimum absolute atomic E-state index is 0.116. The van der Waals surface area contributed by atoms with Crippen LogP contribution in [-0.4, -0.2) is 37.0 Å². The molecule has 1 saturated heterocycles. The molecule has 0 saturated carbocycles. The molecule has 1 aliphatic heterocycles. The van der Waals surface area contributed by atoms with Crippen molar-refractivity contribution in [1.82, 2.24) is 0 Å². The highest BCUT2D eigenvalue weighted by Crippen LogP contribution is 2.21. The van der Waals surface area contributed by atoms with Crippen molar-refractivity contribution in [3.63, 3.8) is 0 Å². The Balaban J connectivity index is 2.54. The van der Waals surface area contributed by atoms with Gasteiger partial charge in [0.2, 0.25) is 0 Å². The van der Waals surface area contributed by atoms with E-state index >= 15 is 0 Å². The fourth-order valence-corrected chi connectivity index (χ4v) is 1.76. The zero-order valence-electron chi connectivity index (χ0n) is 8.25. The Morgan fingerprint density at radius 3 is 2.50 bits per heavy atom. The molecule has 72 valence electrons. The average molecular weight is 173 g/mol. The highest BCUT2D eigenvalue weighted by atomic mass is 16.6.